The van der Waals surface area contributed by atoms with Crippen molar-refractivity contribution in [3.8, 4) is 11.8 Å². The Hall–Kier alpha value is -3.91. The van der Waals surface area contributed by atoms with E-state index in [-0.39, 0.29) is 37.6 Å². The second-order valence-electron chi connectivity index (χ2n) is 6.58. The van der Waals surface area contributed by atoms with E-state index in [0.717, 1.165) is 24.3 Å². The van der Waals surface area contributed by atoms with Crippen LogP contribution >= 0.6 is 23.2 Å². The van der Waals surface area contributed by atoms with Crippen LogP contribution in [0.15, 0.2) is 77.2 Å². The lowest BCUT2D eigenvalue weighted by atomic mass is 10.1. The summed E-state index contributed by atoms with van der Waals surface area (Å²) in [6.07, 6.45) is 1.29. The van der Waals surface area contributed by atoms with Crippen LogP contribution in [0.3, 0.4) is 0 Å². The lowest BCUT2D eigenvalue weighted by Gasteiger charge is -2.09. The zero-order valence-corrected chi connectivity index (χ0v) is 19.3. The number of anilines is 1. The maximum absolute atomic E-state index is 12.5. The Labute approximate surface area is 204 Å². The van der Waals surface area contributed by atoms with Crippen molar-refractivity contribution in [3.05, 3.63) is 98.0 Å². The van der Waals surface area contributed by atoms with Crippen LogP contribution in [-0.2, 0) is 14.9 Å². The van der Waals surface area contributed by atoms with E-state index in [9.17, 15) is 28.6 Å². The largest absolute Gasteiger partial charge is 0.379 e. The molecule has 0 fully saturated rings. The average molecular weight is 518 g/mol. The molecular weight excluding hydrogens is 505 g/mol. The van der Waals surface area contributed by atoms with Gasteiger partial charge in [0.15, 0.2) is 0 Å². The summed E-state index contributed by atoms with van der Waals surface area (Å²) in [5.74, 6) is -0.778. The number of hydrogen-bond donors (Lipinski definition) is 1. The lowest BCUT2D eigenvalue weighted by Crippen LogP contribution is -2.14. The van der Waals surface area contributed by atoms with E-state index in [2.05, 4.69) is 5.32 Å². The van der Waals surface area contributed by atoms with Gasteiger partial charge in [0.05, 0.1) is 20.7 Å². The van der Waals surface area contributed by atoms with E-state index in [0.29, 0.717) is 5.56 Å². The Morgan fingerprint density at radius 3 is 2.15 bits per heavy atom. The van der Waals surface area contributed by atoms with Gasteiger partial charge in [-0.05, 0) is 48.0 Å². The number of carbonyl (C=O) groups is 1. The Morgan fingerprint density at radius 2 is 1.62 bits per heavy atom. The highest BCUT2D eigenvalue weighted by Crippen LogP contribution is 2.30. The minimum Gasteiger partial charge on any atom is -0.379 e. The summed E-state index contributed by atoms with van der Waals surface area (Å²) in [6, 6.07) is 16.2. The summed E-state index contributed by atoms with van der Waals surface area (Å²) in [4.78, 5) is 22.3. The molecule has 0 radical (unpaired) electrons. The molecule has 1 amide bonds. The molecular formula is C22H13Cl2N3O6S. The van der Waals surface area contributed by atoms with Gasteiger partial charge >= 0.3 is 10.1 Å². The Kier molecular flexibility index (Phi) is 7.53. The molecule has 0 spiro atoms. The van der Waals surface area contributed by atoms with E-state index >= 15 is 0 Å². The summed E-state index contributed by atoms with van der Waals surface area (Å²) in [7, 11) is -4.23. The van der Waals surface area contributed by atoms with Crippen LogP contribution in [0.1, 0.15) is 5.56 Å². The van der Waals surface area contributed by atoms with Crippen LogP contribution in [0.25, 0.3) is 6.08 Å². The number of amides is 1. The van der Waals surface area contributed by atoms with Crippen LogP contribution in [0.2, 0.25) is 10.0 Å². The molecule has 172 valence electrons. The first-order valence-electron chi connectivity index (χ1n) is 9.27. The number of rotatable bonds is 7. The lowest BCUT2D eigenvalue weighted by molar-refractivity contribution is -0.384. The van der Waals surface area contributed by atoms with Crippen molar-refractivity contribution in [2.75, 3.05) is 5.32 Å². The Balaban J connectivity index is 1.75. The number of halogens is 2. The minimum absolute atomic E-state index is 0.0405. The van der Waals surface area contributed by atoms with Crippen molar-refractivity contribution >= 4 is 56.7 Å². The van der Waals surface area contributed by atoms with Gasteiger partial charge in [0.2, 0.25) is 0 Å². The minimum atomic E-state index is -4.23. The second kappa shape index (κ2) is 10.4. The third-order valence-corrected chi connectivity index (χ3v) is 6.19. The number of nitriles is 1. The molecule has 0 saturated heterocycles. The van der Waals surface area contributed by atoms with Gasteiger partial charge in [0.1, 0.15) is 22.3 Å². The molecule has 34 heavy (non-hydrogen) atoms. The van der Waals surface area contributed by atoms with Gasteiger partial charge in [-0.2, -0.15) is 13.7 Å². The van der Waals surface area contributed by atoms with Crippen molar-refractivity contribution in [2.45, 2.75) is 4.90 Å². The maximum atomic E-state index is 12.5. The second-order valence-corrected chi connectivity index (χ2v) is 8.94. The summed E-state index contributed by atoms with van der Waals surface area (Å²) < 4.78 is 29.8. The van der Waals surface area contributed by atoms with Gasteiger partial charge in [0.25, 0.3) is 11.6 Å². The van der Waals surface area contributed by atoms with Gasteiger partial charge in [0, 0.05) is 12.1 Å². The van der Waals surface area contributed by atoms with Crippen LogP contribution in [0.5, 0.6) is 5.75 Å². The predicted molar refractivity (Wildman–Crippen MR) is 126 cm³/mol. The number of para-hydroxylation sites is 1. The third-order valence-electron chi connectivity index (χ3n) is 4.30. The molecule has 3 rings (SSSR count). The molecule has 0 aliphatic carbocycles. The van der Waals surface area contributed by atoms with Gasteiger partial charge in [-0.25, -0.2) is 0 Å². The van der Waals surface area contributed by atoms with E-state index in [1.165, 1.54) is 42.5 Å². The zero-order chi connectivity index (χ0) is 24.9. The third kappa shape index (κ3) is 5.90. The Morgan fingerprint density at radius 1 is 1.03 bits per heavy atom. The van der Waals surface area contributed by atoms with E-state index in [1.807, 2.05) is 0 Å². The van der Waals surface area contributed by atoms with Crippen molar-refractivity contribution < 1.29 is 22.3 Å². The molecule has 12 heteroatoms. The fourth-order valence-electron chi connectivity index (χ4n) is 2.64. The number of nitrogens with one attached hydrogen (secondary N) is 1. The molecule has 0 aliphatic rings. The molecule has 3 aromatic rings. The number of nitro groups is 1. The molecule has 0 aliphatic heterocycles. The number of non-ortho nitro benzene ring substituents is 1. The van der Waals surface area contributed by atoms with Crippen LogP contribution < -0.4 is 9.50 Å². The quantitative estimate of drug-likeness (QED) is 0.149. The zero-order valence-electron chi connectivity index (χ0n) is 16.9. The molecule has 3 aromatic carbocycles. The van der Waals surface area contributed by atoms with Crippen molar-refractivity contribution in [1.29, 1.82) is 5.26 Å². The first-order chi connectivity index (χ1) is 16.1. The smallest absolute Gasteiger partial charge is 0.339 e. The average Bonchev–Trinajstić information content (AvgIpc) is 2.80. The fraction of sp³-hybridized carbons (Fsp3) is 0. The summed E-state index contributed by atoms with van der Waals surface area (Å²) in [5.41, 5.74) is 0.0709. The standard InChI is InChI=1S/C22H13Cl2N3O6S/c23-19-2-1-3-20(24)21(19)26-22(28)15(13-25)12-14-4-8-17(9-5-14)33-34(31,32)18-10-6-16(7-11-18)27(29)30/h1-12H,(H,26,28)/b15-12+. The molecule has 9 nitrogen and oxygen atoms in total. The Bertz CT molecular complexity index is 1410. The normalized spacial score (nSPS) is 11.4. The number of nitrogens with zero attached hydrogens (tertiary/aromatic N) is 2. The number of hydrogen-bond acceptors (Lipinski definition) is 7. The molecule has 0 atom stereocenters. The van der Waals surface area contributed by atoms with Crippen LogP contribution in [0, 0.1) is 21.4 Å². The van der Waals surface area contributed by atoms with E-state index in [4.69, 9.17) is 27.4 Å². The monoisotopic (exact) mass is 517 g/mol. The predicted octanol–water partition coefficient (Wildman–Crippen LogP) is 5.21. The van der Waals surface area contributed by atoms with Crippen LogP contribution in [0.4, 0.5) is 11.4 Å². The van der Waals surface area contributed by atoms with Gasteiger partial charge in [-0.1, -0.05) is 41.4 Å². The number of nitro benzene ring substituents is 1. The van der Waals surface area contributed by atoms with Gasteiger partial charge in [-0.3, -0.25) is 14.9 Å². The number of carbonyl (C=O) groups excluding carboxylic acids is 1. The SMILES string of the molecule is N#C/C(=C\c1ccc(OS(=O)(=O)c2ccc([N+](=O)[O-])cc2)cc1)C(=O)Nc1c(Cl)cccc1Cl. The topological polar surface area (TPSA) is 139 Å². The molecule has 1 N–H and O–H groups in total. The van der Waals surface area contributed by atoms with Crippen molar-refractivity contribution in [1.82, 2.24) is 0 Å². The first kappa shape index (κ1) is 24.7. The summed E-state index contributed by atoms with van der Waals surface area (Å²) >= 11 is 12.0. The maximum Gasteiger partial charge on any atom is 0.339 e. The van der Waals surface area contributed by atoms with E-state index < -0.39 is 20.9 Å². The molecule has 0 bridgehead atoms. The fourth-order valence-corrected chi connectivity index (χ4v) is 4.06. The number of benzene rings is 3. The highest BCUT2D eigenvalue weighted by molar-refractivity contribution is 7.87. The van der Waals surface area contributed by atoms with Gasteiger partial charge < -0.3 is 9.50 Å². The van der Waals surface area contributed by atoms with Gasteiger partial charge in [-0.15, -0.1) is 0 Å². The molecule has 0 unspecified atom stereocenters. The molecule has 0 aromatic heterocycles. The molecule has 0 heterocycles. The van der Waals surface area contributed by atoms with Crippen molar-refractivity contribution in [3.63, 3.8) is 0 Å². The summed E-state index contributed by atoms with van der Waals surface area (Å²) in [6.45, 7) is 0. The highest BCUT2D eigenvalue weighted by Gasteiger charge is 2.18. The summed E-state index contributed by atoms with van der Waals surface area (Å²) in [5, 5.41) is 23.0. The first-order valence-corrected chi connectivity index (χ1v) is 11.4. The van der Waals surface area contributed by atoms with E-state index in [1.54, 1.807) is 12.1 Å². The highest BCUT2D eigenvalue weighted by atomic mass is 35.5. The van der Waals surface area contributed by atoms with Crippen LogP contribution in [-0.4, -0.2) is 19.2 Å². The molecule has 0 saturated carbocycles. The van der Waals surface area contributed by atoms with Crippen molar-refractivity contribution in [2.24, 2.45) is 0 Å².